The molecule has 1 aromatic rings. The van der Waals surface area contributed by atoms with Crippen molar-refractivity contribution < 1.29 is 27.5 Å². The van der Waals surface area contributed by atoms with E-state index in [1.165, 1.54) is 0 Å². The summed E-state index contributed by atoms with van der Waals surface area (Å²) in [7, 11) is 0. The molecule has 0 spiro atoms. The van der Waals surface area contributed by atoms with Crippen LogP contribution in [0.4, 0.5) is 17.6 Å². The molecular formula is C12H8F4N2O2. The summed E-state index contributed by atoms with van der Waals surface area (Å²) in [5.41, 5.74) is -1.80. The van der Waals surface area contributed by atoms with E-state index in [-0.39, 0.29) is 12.0 Å². The maximum absolute atomic E-state index is 14.3. The maximum atomic E-state index is 14.3. The zero-order valence-corrected chi connectivity index (χ0v) is 9.91. The number of aromatic nitrogens is 2. The first-order valence-electron chi connectivity index (χ1n) is 5.81. The summed E-state index contributed by atoms with van der Waals surface area (Å²) in [6, 6.07) is 0. The Morgan fingerprint density at radius 1 is 1.55 bits per heavy atom. The van der Waals surface area contributed by atoms with Crippen molar-refractivity contribution in [3.8, 4) is 11.8 Å². The van der Waals surface area contributed by atoms with E-state index in [4.69, 9.17) is 5.11 Å². The van der Waals surface area contributed by atoms with Gasteiger partial charge in [-0.2, -0.15) is 13.9 Å². The Kier molecular flexibility index (Phi) is 2.58. The monoisotopic (exact) mass is 288 g/mol. The topological polar surface area (TPSA) is 55.1 Å². The summed E-state index contributed by atoms with van der Waals surface area (Å²) in [6.07, 6.45) is -3.14. The molecule has 0 unspecified atom stereocenters. The van der Waals surface area contributed by atoms with Crippen LogP contribution in [-0.4, -0.2) is 20.9 Å². The number of nitrogens with zero attached hydrogens (tertiary/aromatic N) is 2. The highest BCUT2D eigenvalue weighted by Gasteiger charge is 2.59. The number of carboxylic acid groups (broad SMARTS) is 1. The fraction of sp³-hybridized carbons (Fsp3) is 0.500. The highest BCUT2D eigenvalue weighted by Crippen LogP contribution is 2.57. The van der Waals surface area contributed by atoms with E-state index in [9.17, 15) is 22.4 Å². The van der Waals surface area contributed by atoms with Crippen molar-refractivity contribution in [1.29, 1.82) is 0 Å². The Balaban J connectivity index is 2.22. The first kappa shape index (κ1) is 13.0. The fourth-order valence-electron chi connectivity index (χ4n) is 2.84. The van der Waals surface area contributed by atoms with Gasteiger partial charge in [-0.1, -0.05) is 5.92 Å². The van der Waals surface area contributed by atoms with Crippen molar-refractivity contribution in [3.63, 3.8) is 0 Å². The summed E-state index contributed by atoms with van der Waals surface area (Å²) in [6.45, 7) is -0.877. The molecule has 2 atom stereocenters. The number of alkyl halides is 4. The van der Waals surface area contributed by atoms with Crippen LogP contribution in [0.2, 0.25) is 0 Å². The fourth-order valence-corrected chi connectivity index (χ4v) is 2.84. The van der Waals surface area contributed by atoms with Crippen LogP contribution in [0.3, 0.4) is 0 Å². The van der Waals surface area contributed by atoms with Crippen molar-refractivity contribution in [1.82, 2.24) is 9.78 Å². The quantitative estimate of drug-likeness (QED) is 0.684. The first-order chi connectivity index (χ1) is 9.34. The average molecular weight is 288 g/mol. The maximum Gasteiger partial charge on any atom is 0.325 e. The minimum atomic E-state index is -3.41. The van der Waals surface area contributed by atoms with Crippen molar-refractivity contribution in [3.05, 3.63) is 17.0 Å². The van der Waals surface area contributed by atoms with E-state index < -0.39 is 48.1 Å². The van der Waals surface area contributed by atoms with Crippen LogP contribution >= 0.6 is 0 Å². The van der Waals surface area contributed by atoms with Crippen LogP contribution in [-0.2, 0) is 17.3 Å². The lowest BCUT2D eigenvalue weighted by atomic mass is 9.93. The predicted octanol–water partition coefficient (Wildman–Crippen LogP) is 2.12. The molecule has 0 saturated carbocycles. The molecule has 0 fully saturated rings. The molecule has 2 aliphatic carbocycles. The third kappa shape index (κ3) is 1.55. The van der Waals surface area contributed by atoms with Crippen molar-refractivity contribution >= 4 is 5.97 Å². The molecule has 0 amide bonds. The van der Waals surface area contributed by atoms with E-state index >= 15 is 0 Å². The Morgan fingerprint density at radius 3 is 2.85 bits per heavy atom. The van der Waals surface area contributed by atoms with E-state index in [0.29, 0.717) is 4.68 Å². The van der Waals surface area contributed by atoms with Crippen molar-refractivity contribution in [2.24, 2.45) is 5.92 Å². The van der Waals surface area contributed by atoms with Gasteiger partial charge in [0.15, 0.2) is 0 Å². The molecule has 106 valence electrons. The molecule has 20 heavy (non-hydrogen) atoms. The number of aliphatic carboxylic acids is 1. The summed E-state index contributed by atoms with van der Waals surface area (Å²) in [5.74, 6) is -2.02. The molecular weight excluding hydrogens is 280 g/mol. The van der Waals surface area contributed by atoms with E-state index in [0.717, 1.165) is 0 Å². The molecule has 1 heterocycles. The van der Waals surface area contributed by atoms with Crippen LogP contribution < -0.4 is 0 Å². The normalized spacial score (nSPS) is 25.2. The zero-order chi connectivity index (χ0) is 14.7. The molecule has 1 aromatic heterocycles. The van der Waals surface area contributed by atoms with Gasteiger partial charge in [-0.15, -0.1) is 5.92 Å². The molecule has 0 aliphatic heterocycles. The lowest BCUT2D eigenvalue weighted by Gasteiger charge is -2.19. The Labute approximate surface area is 110 Å². The highest BCUT2D eigenvalue weighted by molar-refractivity contribution is 5.67. The molecule has 4 nitrogen and oxygen atoms in total. The number of rotatable bonds is 3. The third-order valence-electron chi connectivity index (χ3n) is 3.58. The van der Waals surface area contributed by atoms with E-state index in [2.05, 4.69) is 16.9 Å². The largest absolute Gasteiger partial charge is 0.480 e. The third-order valence-corrected chi connectivity index (χ3v) is 3.58. The van der Waals surface area contributed by atoms with Crippen LogP contribution in [0.5, 0.6) is 0 Å². The number of carbonyl (C=O) groups is 1. The second-order valence-corrected chi connectivity index (χ2v) is 4.73. The molecule has 8 heteroatoms. The summed E-state index contributed by atoms with van der Waals surface area (Å²) < 4.78 is 55.0. The second-order valence-electron chi connectivity index (χ2n) is 4.73. The summed E-state index contributed by atoms with van der Waals surface area (Å²) in [4.78, 5) is 10.7. The molecule has 3 rings (SSSR count). The molecule has 1 N–H and O–H groups in total. The van der Waals surface area contributed by atoms with Crippen molar-refractivity contribution in [2.45, 2.75) is 31.2 Å². The van der Waals surface area contributed by atoms with Gasteiger partial charge in [-0.3, -0.25) is 9.48 Å². The van der Waals surface area contributed by atoms with Crippen LogP contribution in [0.15, 0.2) is 0 Å². The van der Waals surface area contributed by atoms with Crippen LogP contribution in [0.1, 0.15) is 35.7 Å². The van der Waals surface area contributed by atoms with Crippen molar-refractivity contribution in [2.75, 3.05) is 0 Å². The number of halogens is 4. The number of hydrogen-bond acceptors (Lipinski definition) is 2. The zero-order valence-electron chi connectivity index (χ0n) is 9.91. The first-order valence-corrected chi connectivity index (χ1v) is 5.81. The Bertz CT molecular complexity index is 656. The van der Waals surface area contributed by atoms with Crippen LogP contribution in [0.25, 0.3) is 0 Å². The van der Waals surface area contributed by atoms with Gasteiger partial charge in [0.05, 0.1) is 11.8 Å². The molecule has 0 radical (unpaired) electrons. The summed E-state index contributed by atoms with van der Waals surface area (Å²) >= 11 is 0. The van der Waals surface area contributed by atoms with Gasteiger partial charge in [0.2, 0.25) is 0 Å². The minimum absolute atomic E-state index is 0.0951. The molecule has 0 aromatic carbocycles. The highest BCUT2D eigenvalue weighted by atomic mass is 19.3. The van der Waals surface area contributed by atoms with Gasteiger partial charge in [-0.05, 0) is 0 Å². The SMILES string of the molecule is O=C(O)Cn1nc(C(F)F)c2c1C(F)(F)[C@@H]1CC#C[C@H]21. The second kappa shape index (κ2) is 3.98. The standard InChI is InChI=1S/C12H8F4N2O2/c13-11(14)9-8-5-2-1-3-6(5)12(15,16)10(8)18(17-9)4-7(19)20/h5-6,11H,3-4H2,(H,19,20)/t5-,6+/m0/s1. The minimum Gasteiger partial charge on any atom is -0.480 e. The lowest BCUT2D eigenvalue weighted by Crippen LogP contribution is -2.26. The van der Waals surface area contributed by atoms with Gasteiger partial charge in [0.1, 0.15) is 17.9 Å². The van der Waals surface area contributed by atoms with Crippen LogP contribution in [0, 0.1) is 17.8 Å². The number of hydrogen-bond donors (Lipinski definition) is 1. The Hall–Kier alpha value is -2.04. The smallest absolute Gasteiger partial charge is 0.325 e. The molecule has 2 aliphatic rings. The Morgan fingerprint density at radius 2 is 2.25 bits per heavy atom. The van der Waals surface area contributed by atoms with Gasteiger partial charge in [-0.25, -0.2) is 8.78 Å². The van der Waals surface area contributed by atoms with Gasteiger partial charge in [0, 0.05) is 12.0 Å². The van der Waals surface area contributed by atoms with Gasteiger partial charge in [0.25, 0.3) is 12.3 Å². The number of fused-ring (bicyclic) bond motifs is 3. The van der Waals surface area contributed by atoms with Gasteiger partial charge < -0.3 is 5.11 Å². The van der Waals surface area contributed by atoms with E-state index in [1.54, 1.807) is 0 Å². The lowest BCUT2D eigenvalue weighted by molar-refractivity contribution is -0.138. The predicted molar refractivity (Wildman–Crippen MR) is 57.3 cm³/mol. The summed E-state index contributed by atoms with van der Waals surface area (Å²) in [5, 5.41) is 12.1. The molecule has 0 bridgehead atoms. The average Bonchev–Trinajstić information content (AvgIpc) is 2.94. The van der Waals surface area contributed by atoms with E-state index in [1.807, 2.05) is 0 Å². The van der Waals surface area contributed by atoms with Gasteiger partial charge >= 0.3 is 5.97 Å². The molecule has 0 saturated heterocycles. The number of carboxylic acids is 1.